The molecule has 0 rings (SSSR count). The van der Waals surface area contributed by atoms with E-state index in [0.29, 0.717) is 26.3 Å². The summed E-state index contributed by atoms with van der Waals surface area (Å²) >= 11 is 0. The van der Waals surface area contributed by atoms with E-state index >= 15 is 0 Å². The first-order valence-electron chi connectivity index (χ1n) is 5.31. The number of ether oxygens (including phenoxy) is 1. The molecule has 0 aromatic carbocycles. The van der Waals surface area contributed by atoms with Crippen LogP contribution in [-0.4, -0.2) is 46.5 Å². The maximum Gasteiger partial charge on any atom is 0.215 e. The molecule has 92 valence electrons. The Hall–Kier alpha value is -0.170. The Morgan fingerprint density at radius 1 is 1.33 bits per heavy atom. The largest absolute Gasteiger partial charge is 0.380 e. The third kappa shape index (κ3) is 6.83. The van der Waals surface area contributed by atoms with Gasteiger partial charge < -0.3 is 10.1 Å². The third-order valence-electron chi connectivity index (χ3n) is 1.97. The van der Waals surface area contributed by atoms with Gasteiger partial charge in [-0.25, -0.2) is 13.1 Å². The van der Waals surface area contributed by atoms with Crippen LogP contribution in [0.3, 0.4) is 0 Å². The van der Waals surface area contributed by atoms with Crippen LogP contribution >= 0.6 is 0 Å². The quantitative estimate of drug-likeness (QED) is 0.552. The van der Waals surface area contributed by atoms with Crippen LogP contribution in [-0.2, 0) is 14.8 Å². The van der Waals surface area contributed by atoms with Gasteiger partial charge in [-0.05, 0) is 20.4 Å². The highest BCUT2D eigenvalue weighted by molar-refractivity contribution is 7.90. The fourth-order valence-corrected chi connectivity index (χ4v) is 1.99. The molecule has 0 aliphatic heterocycles. The molecule has 1 unspecified atom stereocenters. The molecule has 0 aliphatic rings. The van der Waals surface area contributed by atoms with E-state index in [1.54, 1.807) is 6.92 Å². The molecule has 0 heterocycles. The van der Waals surface area contributed by atoms with Crippen LogP contribution in [0.25, 0.3) is 0 Å². The molecule has 5 nitrogen and oxygen atoms in total. The Balaban J connectivity index is 3.84. The minimum atomic E-state index is -3.21. The molecule has 6 heteroatoms. The third-order valence-corrected chi connectivity index (χ3v) is 3.80. The maximum atomic E-state index is 11.6. The Morgan fingerprint density at radius 3 is 2.53 bits per heavy atom. The fourth-order valence-electron chi connectivity index (χ4n) is 1.000. The van der Waals surface area contributed by atoms with E-state index in [4.69, 9.17) is 4.74 Å². The summed E-state index contributed by atoms with van der Waals surface area (Å²) in [6, 6.07) is 0. The van der Waals surface area contributed by atoms with Crippen LogP contribution in [0.1, 0.15) is 20.8 Å². The maximum absolute atomic E-state index is 11.6. The van der Waals surface area contributed by atoms with E-state index in [9.17, 15) is 8.42 Å². The molecule has 0 radical (unpaired) electrons. The lowest BCUT2D eigenvalue weighted by atomic mass is 10.5. The SMILES string of the molecule is CCNCC(C)S(=O)(=O)NCCOCC. The van der Waals surface area contributed by atoms with Crippen molar-refractivity contribution in [2.75, 3.05) is 32.8 Å². The van der Waals surface area contributed by atoms with Crippen molar-refractivity contribution in [2.45, 2.75) is 26.0 Å². The summed E-state index contributed by atoms with van der Waals surface area (Å²) in [6.45, 7) is 8.13. The van der Waals surface area contributed by atoms with Crippen molar-refractivity contribution in [1.29, 1.82) is 0 Å². The highest BCUT2D eigenvalue weighted by atomic mass is 32.2. The van der Waals surface area contributed by atoms with Crippen LogP contribution in [0, 0.1) is 0 Å². The number of hydrogen-bond donors (Lipinski definition) is 2. The summed E-state index contributed by atoms with van der Waals surface area (Å²) < 4.78 is 30.7. The van der Waals surface area contributed by atoms with Gasteiger partial charge in [0.05, 0.1) is 11.9 Å². The molecule has 0 spiro atoms. The molecule has 0 saturated carbocycles. The lowest BCUT2D eigenvalue weighted by molar-refractivity contribution is 0.153. The zero-order valence-corrected chi connectivity index (χ0v) is 10.6. The van der Waals surface area contributed by atoms with E-state index in [-0.39, 0.29) is 0 Å². The van der Waals surface area contributed by atoms with Gasteiger partial charge in [-0.15, -0.1) is 0 Å². The Kier molecular flexibility index (Phi) is 7.95. The minimum Gasteiger partial charge on any atom is -0.380 e. The number of sulfonamides is 1. The van der Waals surface area contributed by atoms with Gasteiger partial charge >= 0.3 is 0 Å². The molecular formula is C9H22N2O3S. The van der Waals surface area contributed by atoms with Gasteiger partial charge in [0, 0.05) is 19.7 Å². The predicted molar refractivity (Wildman–Crippen MR) is 61.4 cm³/mol. The lowest BCUT2D eigenvalue weighted by Gasteiger charge is -2.13. The van der Waals surface area contributed by atoms with Crippen molar-refractivity contribution in [3.8, 4) is 0 Å². The van der Waals surface area contributed by atoms with Crippen LogP contribution in [0.15, 0.2) is 0 Å². The fraction of sp³-hybridized carbons (Fsp3) is 1.00. The van der Waals surface area contributed by atoms with E-state index in [1.807, 2.05) is 13.8 Å². The number of nitrogens with one attached hydrogen (secondary N) is 2. The van der Waals surface area contributed by atoms with Crippen LogP contribution < -0.4 is 10.0 Å². The second kappa shape index (κ2) is 8.04. The number of rotatable bonds is 9. The van der Waals surface area contributed by atoms with Crippen LogP contribution in [0.2, 0.25) is 0 Å². The van der Waals surface area contributed by atoms with Crippen molar-refractivity contribution >= 4 is 10.0 Å². The van der Waals surface area contributed by atoms with Gasteiger partial charge in [-0.2, -0.15) is 0 Å². The average molecular weight is 238 g/mol. The van der Waals surface area contributed by atoms with Gasteiger partial charge in [0.25, 0.3) is 0 Å². The highest BCUT2D eigenvalue weighted by Crippen LogP contribution is 1.95. The predicted octanol–water partition coefficient (Wildman–Crippen LogP) is -0.0597. The van der Waals surface area contributed by atoms with Gasteiger partial charge in [0.2, 0.25) is 10.0 Å². The Labute approximate surface area is 92.6 Å². The van der Waals surface area contributed by atoms with E-state index in [1.165, 1.54) is 0 Å². The van der Waals surface area contributed by atoms with E-state index < -0.39 is 15.3 Å². The summed E-state index contributed by atoms with van der Waals surface area (Å²) in [6.07, 6.45) is 0. The second-order valence-electron chi connectivity index (χ2n) is 3.25. The first-order chi connectivity index (χ1) is 7.04. The first kappa shape index (κ1) is 14.8. The molecule has 15 heavy (non-hydrogen) atoms. The monoisotopic (exact) mass is 238 g/mol. The van der Waals surface area contributed by atoms with E-state index in [0.717, 1.165) is 6.54 Å². The second-order valence-corrected chi connectivity index (χ2v) is 5.44. The van der Waals surface area contributed by atoms with Crippen molar-refractivity contribution in [3.05, 3.63) is 0 Å². The van der Waals surface area contributed by atoms with E-state index in [2.05, 4.69) is 10.0 Å². The summed E-state index contributed by atoms with van der Waals surface area (Å²) in [4.78, 5) is 0. The molecule has 0 fully saturated rings. The molecule has 0 aromatic rings. The van der Waals surface area contributed by atoms with Crippen molar-refractivity contribution in [1.82, 2.24) is 10.0 Å². The van der Waals surface area contributed by atoms with Crippen molar-refractivity contribution in [3.63, 3.8) is 0 Å². The summed E-state index contributed by atoms with van der Waals surface area (Å²) in [5.74, 6) is 0. The molecular weight excluding hydrogens is 216 g/mol. The lowest BCUT2D eigenvalue weighted by Crippen LogP contribution is -2.40. The Morgan fingerprint density at radius 2 is 2.00 bits per heavy atom. The van der Waals surface area contributed by atoms with Gasteiger partial charge in [-0.3, -0.25) is 0 Å². The van der Waals surface area contributed by atoms with Crippen LogP contribution in [0.4, 0.5) is 0 Å². The molecule has 0 aliphatic carbocycles. The van der Waals surface area contributed by atoms with Crippen molar-refractivity contribution in [2.24, 2.45) is 0 Å². The highest BCUT2D eigenvalue weighted by Gasteiger charge is 2.18. The zero-order chi connectivity index (χ0) is 11.7. The Bertz CT molecular complexity index is 242. The summed E-state index contributed by atoms with van der Waals surface area (Å²) in [5, 5.41) is 2.59. The minimum absolute atomic E-state index is 0.340. The topological polar surface area (TPSA) is 67.4 Å². The standard InChI is InChI=1S/C9H22N2O3S/c1-4-10-8-9(3)15(12,13)11-6-7-14-5-2/h9-11H,4-8H2,1-3H3. The first-order valence-corrected chi connectivity index (χ1v) is 6.86. The molecule has 0 amide bonds. The smallest absolute Gasteiger partial charge is 0.215 e. The summed E-state index contributed by atoms with van der Waals surface area (Å²) in [5.41, 5.74) is 0. The van der Waals surface area contributed by atoms with Crippen molar-refractivity contribution < 1.29 is 13.2 Å². The molecule has 0 bridgehead atoms. The zero-order valence-electron chi connectivity index (χ0n) is 9.75. The molecule has 0 aromatic heterocycles. The average Bonchev–Trinajstić information content (AvgIpc) is 2.21. The van der Waals surface area contributed by atoms with Gasteiger partial charge in [0.15, 0.2) is 0 Å². The summed E-state index contributed by atoms with van der Waals surface area (Å²) in [7, 11) is -3.21. The van der Waals surface area contributed by atoms with Gasteiger partial charge in [-0.1, -0.05) is 6.92 Å². The van der Waals surface area contributed by atoms with Gasteiger partial charge in [0.1, 0.15) is 0 Å². The molecule has 2 N–H and O–H groups in total. The van der Waals surface area contributed by atoms with Crippen LogP contribution in [0.5, 0.6) is 0 Å². The number of hydrogen-bond acceptors (Lipinski definition) is 4. The normalized spacial score (nSPS) is 14.1. The molecule has 1 atom stereocenters. The molecule has 0 saturated heterocycles.